The second-order valence-corrected chi connectivity index (χ2v) is 7.28. The highest BCUT2D eigenvalue weighted by Crippen LogP contribution is 2.15. The van der Waals surface area contributed by atoms with E-state index in [2.05, 4.69) is 63.4 Å². The summed E-state index contributed by atoms with van der Waals surface area (Å²) in [6, 6.07) is 8.62. The molecule has 0 radical (unpaired) electrons. The summed E-state index contributed by atoms with van der Waals surface area (Å²) < 4.78 is 0. The molecular formula is C21H34N2O. The van der Waals surface area contributed by atoms with Crippen molar-refractivity contribution in [3.05, 3.63) is 47.7 Å². The Morgan fingerprint density at radius 2 is 1.54 bits per heavy atom. The lowest BCUT2D eigenvalue weighted by Gasteiger charge is -2.27. The van der Waals surface area contributed by atoms with E-state index in [9.17, 15) is 4.79 Å². The lowest BCUT2D eigenvalue weighted by molar-refractivity contribution is -0.129. The van der Waals surface area contributed by atoms with Gasteiger partial charge in [0.25, 0.3) is 0 Å². The van der Waals surface area contributed by atoms with Gasteiger partial charge in [0, 0.05) is 39.3 Å². The van der Waals surface area contributed by atoms with Crippen LogP contribution in [-0.4, -0.2) is 42.9 Å². The number of nitrogens with zero attached hydrogens (tertiary/aromatic N) is 2. The van der Waals surface area contributed by atoms with Crippen LogP contribution in [0.15, 0.2) is 36.5 Å². The van der Waals surface area contributed by atoms with Gasteiger partial charge >= 0.3 is 0 Å². The number of hydrogen-bond acceptors (Lipinski definition) is 2. The monoisotopic (exact) mass is 330 g/mol. The average molecular weight is 331 g/mol. The van der Waals surface area contributed by atoms with Gasteiger partial charge in [-0.15, -0.1) is 0 Å². The zero-order valence-corrected chi connectivity index (χ0v) is 16.3. The van der Waals surface area contributed by atoms with Crippen LogP contribution in [0.3, 0.4) is 0 Å². The Kier molecular flexibility index (Phi) is 8.03. The first-order chi connectivity index (χ1) is 11.2. The molecule has 1 rings (SSSR count). The third-order valence-corrected chi connectivity index (χ3v) is 4.63. The molecule has 0 heterocycles. The second-order valence-electron chi connectivity index (χ2n) is 7.28. The predicted molar refractivity (Wildman–Crippen MR) is 103 cm³/mol. The zero-order chi connectivity index (χ0) is 18.3. The molecule has 0 bridgehead atoms. The molecular weight excluding hydrogens is 296 g/mol. The number of hydrogen-bond donors (Lipinski definition) is 0. The number of rotatable bonds is 9. The molecule has 0 aliphatic heterocycles. The smallest absolute Gasteiger partial charge is 0.222 e. The SMILES string of the molecule is C=C(C(C)C)N(C)CCN(C)C(=O)CCc1ccc(C(C)C)cc1. The van der Waals surface area contributed by atoms with Crippen molar-refractivity contribution in [1.82, 2.24) is 9.80 Å². The number of carbonyl (C=O) groups is 1. The Labute approximate surface area is 148 Å². The minimum atomic E-state index is 0.200. The molecule has 3 nitrogen and oxygen atoms in total. The molecule has 1 aromatic rings. The van der Waals surface area contributed by atoms with E-state index in [1.54, 1.807) is 0 Å². The summed E-state index contributed by atoms with van der Waals surface area (Å²) in [5.74, 6) is 1.18. The highest BCUT2D eigenvalue weighted by Gasteiger charge is 2.12. The Morgan fingerprint density at radius 3 is 2.04 bits per heavy atom. The van der Waals surface area contributed by atoms with Crippen molar-refractivity contribution in [1.29, 1.82) is 0 Å². The molecule has 1 amide bonds. The molecule has 0 saturated heterocycles. The maximum atomic E-state index is 12.3. The second kappa shape index (κ2) is 9.51. The summed E-state index contributed by atoms with van der Waals surface area (Å²) in [7, 11) is 3.92. The van der Waals surface area contributed by atoms with Crippen molar-refractivity contribution in [2.75, 3.05) is 27.2 Å². The number of allylic oxidation sites excluding steroid dienone is 1. The largest absolute Gasteiger partial charge is 0.376 e. The van der Waals surface area contributed by atoms with Crippen LogP contribution in [0.4, 0.5) is 0 Å². The van der Waals surface area contributed by atoms with Gasteiger partial charge in [0.15, 0.2) is 0 Å². The lowest BCUT2D eigenvalue weighted by atomic mass is 10.0. The summed E-state index contributed by atoms with van der Waals surface area (Å²) in [5, 5.41) is 0. The molecule has 0 atom stereocenters. The molecule has 3 heteroatoms. The van der Waals surface area contributed by atoms with Crippen LogP contribution in [0.25, 0.3) is 0 Å². The molecule has 0 spiro atoms. The van der Waals surface area contributed by atoms with E-state index in [1.165, 1.54) is 11.1 Å². The molecule has 0 fully saturated rings. The fourth-order valence-corrected chi connectivity index (χ4v) is 2.52. The summed E-state index contributed by atoms with van der Waals surface area (Å²) in [6.45, 7) is 14.3. The van der Waals surface area contributed by atoms with Crippen LogP contribution < -0.4 is 0 Å². The molecule has 0 saturated carbocycles. The first kappa shape index (κ1) is 20.3. The molecule has 0 N–H and O–H groups in total. The fourth-order valence-electron chi connectivity index (χ4n) is 2.52. The van der Waals surface area contributed by atoms with Gasteiger partial charge in [-0.25, -0.2) is 0 Å². The van der Waals surface area contributed by atoms with Gasteiger partial charge < -0.3 is 9.80 Å². The first-order valence-electron chi connectivity index (χ1n) is 8.95. The third-order valence-electron chi connectivity index (χ3n) is 4.63. The Morgan fingerprint density at radius 1 is 1.00 bits per heavy atom. The topological polar surface area (TPSA) is 23.6 Å². The minimum Gasteiger partial charge on any atom is -0.376 e. The molecule has 24 heavy (non-hydrogen) atoms. The summed E-state index contributed by atoms with van der Waals surface area (Å²) in [6.07, 6.45) is 1.36. The number of amides is 1. The van der Waals surface area contributed by atoms with Crippen molar-refractivity contribution in [2.45, 2.75) is 46.5 Å². The summed E-state index contributed by atoms with van der Waals surface area (Å²) >= 11 is 0. The lowest BCUT2D eigenvalue weighted by Crippen LogP contribution is -2.35. The Bertz CT molecular complexity index is 531. The van der Waals surface area contributed by atoms with Crippen LogP contribution in [0.5, 0.6) is 0 Å². The summed E-state index contributed by atoms with van der Waals surface area (Å²) in [4.78, 5) is 16.3. The normalized spacial score (nSPS) is 11.0. The van der Waals surface area contributed by atoms with Crippen molar-refractivity contribution in [3.63, 3.8) is 0 Å². The highest BCUT2D eigenvalue weighted by molar-refractivity contribution is 5.76. The average Bonchev–Trinajstić information content (AvgIpc) is 2.56. The molecule has 0 aliphatic rings. The quantitative estimate of drug-likeness (QED) is 0.674. The third kappa shape index (κ3) is 6.38. The molecule has 134 valence electrons. The van der Waals surface area contributed by atoms with Crippen LogP contribution in [-0.2, 0) is 11.2 Å². The van der Waals surface area contributed by atoms with E-state index in [1.807, 2.05) is 19.0 Å². The maximum Gasteiger partial charge on any atom is 0.222 e. The van der Waals surface area contributed by atoms with E-state index in [4.69, 9.17) is 0 Å². The number of benzene rings is 1. The van der Waals surface area contributed by atoms with Gasteiger partial charge in [-0.3, -0.25) is 4.79 Å². The molecule has 0 unspecified atom stereocenters. The van der Waals surface area contributed by atoms with Gasteiger partial charge in [-0.1, -0.05) is 58.5 Å². The number of carbonyl (C=O) groups excluding carboxylic acids is 1. The van der Waals surface area contributed by atoms with E-state index >= 15 is 0 Å². The minimum absolute atomic E-state index is 0.200. The molecule has 0 aromatic heterocycles. The first-order valence-corrected chi connectivity index (χ1v) is 8.95. The van der Waals surface area contributed by atoms with E-state index in [-0.39, 0.29) is 5.91 Å². The van der Waals surface area contributed by atoms with Crippen LogP contribution in [0.1, 0.15) is 51.2 Å². The van der Waals surface area contributed by atoms with Crippen molar-refractivity contribution in [3.8, 4) is 0 Å². The highest BCUT2D eigenvalue weighted by atomic mass is 16.2. The zero-order valence-electron chi connectivity index (χ0n) is 16.3. The Balaban J connectivity index is 2.40. The number of aryl methyl sites for hydroxylation is 1. The van der Waals surface area contributed by atoms with E-state index < -0.39 is 0 Å². The summed E-state index contributed by atoms with van der Waals surface area (Å²) in [5.41, 5.74) is 3.68. The van der Waals surface area contributed by atoms with Crippen molar-refractivity contribution >= 4 is 5.91 Å². The van der Waals surface area contributed by atoms with Gasteiger partial charge in [0.2, 0.25) is 5.91 Å². The molecule has 0 aliphatic carbocycles. The van der Waals surface area contributed by atoms with Crippen molar-refractivity contribution in [2.24, 2.45) is 5.92 Å². The number of likely N-dealkylation sites (N-methyl/N-ethyl adjacent to an activating group) is 2. The van der Waals surface area contributed by atoms with Gasteiger partial charge in [0.1, 0.15) is 0 Å². The predicted octanol–water partition coefficient (Wildman–Crippen LogP) is 4.30. The van der Waals surface area contributed by atoms with Gasteiger partial charge in [0.05, 0.1) is 0 Å². The van der Waals surface area contributed by atoms with Crippen LogP contribution >= 0.6 is 0 Å². The Hall–Kier alpha value is -1.77. The van der Waals surface area contributed by atoms with Crippen LogP contribution in [0.2, 0.25) is 0 Å². The van der Waals surface area contributed by atoms with Crippen molar-refractivity contribution < 1.29 is 4.79 Å². The fraction of sp³-hybridized carbons (Fsp3) is 0.571. The van der Waals surface area contributed by atoms with Gasteiger partial charge in [-0.05, 0) is 29.4 Å². The maximum absolute atomic E-state index is 12.3. The van der Waals surface area contributed by atoms with E-state index in [0.29, 0.717) is 18.3 Å². The van der Waals surface area contributed by atoms with Crippen LogP contribution in [0, 0.1) is 5.92 Å². The standard InChI is InChI=1S/C21H34N2O/c1-16(2)18(5)22(6)14-15-23(7)21(24)13-10-19-8-11-20(12-9-19)17(3)4/h8-9,11-12,16-17H,5,10,13-15H2,1-4,6-7H3. The van der Waals surface area contributed by atoms with E-state index in [0.717, 1.165) is 25.2 Å². The van der Waals surface area contributed by atoms with Gasteiger partial charge in [-0.2, -0.15) is 0 Å². The molecule has 1 aromatic carbocycles.